The molecule has 2 aromatic heterocycles. The van der Waals surface area contributed by atoms with Gasteiger partial charge in [0.15, 0.2) is 17.7 Å². The number of nitrogens with zero attached hydrogens (tertiary/aromatic N) is 4. The molecule has 26 heavy (non-hydrogen) atoms. The molecule has 3 aromatic rings. The van der Waals surface area contributed by atoms with Crippen molar-refractivity contribution >= 4 is 17.0 Å². The van der Waals surface area contributed by atoms with Crippen LogP contribution in [0.15, 0.2) is 36.9 Å². The third kappa shape index (κ3) is 2.85. The summed E-state index contributed by atoms with van der Waals surface area (Å²) in [7, 11) is 0. The fourth-order valence-electron chi connectivity index (χ4n) is 2.97. The first-order valence-corrected chi connectivity index (χ1v) is 8.18. The van der Waals surface area contributed by atoms with E-state index >= 15 is 0 Å². The Balaban J connectivity index is 1.52. The summed E-state index contributed by atoms with van der Waals surface area (Å²) in [6.07, 6.45) is -1.05. The van der Waals surface area contributed by atoms with Gasteiger partial charge in [0.25, 0.3) is 0 Å². The smallest absolute Gasteiger partial charge is 0.167 e. The minimum absolute atomic E-state index is 0.0988. The second kappa shape index (κ2) is 6.52. The number of aryl methyl sites for hydroxylation is 1. The van der Waals surface area contributed by atoms with E-state index in [4.69, 9.17) is 15.2 Å². The van der Waals surface area contributed by atoms with E-state index in [2.05, 4.69) is 15.0 Å². The molecule has 0 unspecified atom stereocenters. The molecule has 1 aliphatic rings. The molecule has 3 heterocycles. The van der Waals surface area contributed by atoms with Gasteiger partial charge in [0.1, 0.15) is 42.5 Å². The second-order valence-corrected chi connectivity index (χ2v) is 6.25. The maximum absolute atomic E-state index is 10.4. The summed E-state index contributed by atoms with van der Waals surface area (Å²) in [6.45, 7) is 2.09. The van der Waals surface area contributed by atoms with Crippen molar-refractivity contribution in [1.82, 2.24) is 19.5 Å². The van der Waals surface area contributed by atoms with Gasteiger partial charge in [0.05, 0.1) is 6.33 Å². The van der Waals surface area contributed by atoms with Crippen LogP contribution < -0.4 is 10.5 Å². The number of hydrogen-bond acceptors (Lipinski definition) is 8. The summed E-state index contributed by atoms with van der Waals surface area (Å²) >= 11 is 0. The van der Waals surface area contributed by atoms with E-state index in [-0.39, 0.29) is 12.4 Å². The van der Waals surface area contributed by atoms with Crippen LogP contribution in [-0.4, -0.2) is 54.7 Å². The van der Waals surface area contributed by atoms with Gasteiger partial charge in [-0.3, -0.25) is 4.57 Å². The largest absolute Gasteiger partial charge is 0.491 e. The summed E-state index contributed by atoms with van der Waals surface area (Å²) in [4.78, 5) is 12.2. The minimum Gasteiger partial charge on any atom is -0.491 e. The number of aliphatic hydroxyl groups excluding tert-OH is 2. The van der Waals surface area contributed by atoms with Crippen molar-refractivity contribution in [1.29, 1.82) is 0 Å². The lowest BCUT2D eigenvalue weighted by atomic mass is 10.1. The van der Waals surface area contributed by atoms with Crippen LogP contribution in [0.3, 0.4) is 0 Å². The number of nitrogen functional groups attached to an aromatic ring is 1. The summed E-state index contributed by atoms with van der Waals surface area (Å²) in [5.74, 6) is 0.902. The van der Waals surface area contributed by atoms with Gasteiger partial charge in [0, 0.05) is 0 Å². The normalized spacial score (nSPS) is 25.7. The molecule has 9 heteroatoms. The standard InChI is InChI=1S/C17H19N5O4/c1-9-2-4-10(5-3-9)25-6-11-13(23)14(24)17(26-11)22-8-21-12-15(18)19-7-20-16(12)22/h2-5,7-8,11,13-14,17,23-24H,6H2,1H3,(H2,18,19,20)/t11-,13-,14-,17-/m1/s1. The van der Waals surface area contributed by atoms with Gasteiger partial charge in [-0.2, -0.15) is 0 Å². The van der Waals surface area contributed by atoms with Crippen LogP contribution in [0.4, 0.5) is 5.82 Å². The second-order valence-electron chi connectivity index (χ2n) is 6.25. The highest BCUT2D eigenvalue weighted by atomic mass is 16.6. The van der Waals surface area contributed by atoms with Crippen molar-refractivity contribution in [2.24, 2.45) is 0 Å². The van der Waals surface area contributed by atoms with E-state index in [1.54, 1.807) is 0 Å². The summed E-state index contributed by atoms with van der Waals surface area (Å²) < 4.78 is 13.0. The topological polar surface area (TPSA) is 129 Å². The molecule has 0 aliphatic carbocycles. The van der Waals surface area contributed by atoms with Crippen LogP contribution >= 0.6 is 0 Å². The Morgan fingerprint density at radius 2 is 1.92 bits per heavy atom. The van der Waals surface area contributed by atoms with E-state index in [0.717, 1.165) is 5.56 Å². The third-order valence-corrected chi connectivity index (χ3v) is 4.43. The number of rotatable bonds is 4. The predicted molar refractivity (Wildman–Crippen MR) is 92.3 cm³/mol. The molecule has 0 amide bonds. The number of imidazole rings is 1. The number of aliphatic hydroxyl groups is 2. The van der Waals surface area contributed by atoms with Gasteiger partial charge in [-0.15, -0.1) is 0 Å². The number of aromatic nitrogens is 4. The minimum atomic E-state index is -1.16. The lowest BCUT2D eigenvalue weighted by molar-refractivity contribution is -0.0474. The van der Waals surface area contributed by atoms with Crippen molar-refractivity contribution in [3.05, 3.63) is 42.5 Å². The predicted octanol–water partition coefficient (Wildman–Crippen LogP) is 0.415. The summed E-state index contributed by atoms with van der Waals surface area (Å²) in [6, 6.07) is 7.54. The Hall–Kier alpha value is -2.75. The highest BCUT2D eigenvalue weighted by molar-refractivity contribution is 5.81. The van der Waals surface area contributed by atoms with E-state index in [1.807, 2.05) is 31.2 Å². The molecule has 0 bridgehead atoms. The SMILES string of the molecule is Cc1ccc(OC[C@H]2O[C@@H](n3cnc4c(N)ncnc43)[C@H](O)[C@@H]2O)cc1. The summed E-state index contributed by atoms with van der Waals surface area (Å²) in [5.41, 5.74) is 7.74. The van der Waals surface area contributed by atoms with Crippen LogP contribution in [0.5, 0.6) is 5.75 Å². The Kier molecular flexibility index (Phi) is 4.19. The van der Waals surface area contributed by atoms with Gasteiger partial charge >= 0.3 is 0 Å². The molecule has 4 rings (SSSR count). The lowest BCUT2D eigenvalue weighted by Gasteiger charge is -2.16. The van der Waals surface area contributed by atoms with Gasteiger partial charge in [0.2, 0.25) is 0 Å². The molecular formula is C17H19N5O4. The molecule has 1 saturated heterocycles. The highest BCUT2D eigenvalue weighted by Crippen LogP contribution is 2.32. The molecule has 0 spiro atoms. The molecule has 4 N–H and O–H groups in total. The fourth-order valence-corrected chi connectivity index (χ4v) is 2.97. The van der Waals surface area contributed by atoms with Crippen molar-refractivity contribution in [2.75, 3.05) is 12.3 Å². The highest BCUT2D eigenvalue weighted by Gasteiger charge is 2.44. The number of nitrogens with two attached hydrogens (primary N) is 1. The molecule has 4 atom stereocenters. The molecular weight excluding hydrogens is 338 g/mol. The van der Waals surface area contributed by atoms with Crippen molar-refractivity contribution in [2.45, 2.75) is 31.5 Å². The van der Waals surface area contributed by atoms with Gasteiger partial charge in [-0.1, -0.05) is 17.7 Å². The lowest BCUT2D eigenvalue weighted by Crippen LogP contribution is -2.34. The molecule has 1 aromatic carbocycles. The first-order valence-electron chi connectivity index (χ1n) is 8.18. The maximum atomic E-state index is 10.4. The van der Waals surface area contributed by atoms with E-state index in [1.165, 1.54) is 17.2 Å². The number of anilines is 1. The summed E-state index contributed by atoms with van der Waals surface area (Å²) in [5, 5.41) is 20.7. The van der Waals surface area contributed by atoms with Gasteiger partial charge in [-0.05, 0) is 19.1 Å². The number of ether oxygens (including phenoxy) is 2. The molecule has 0 radical (unpaired) electrons. The Labute approximate surface area is 149 Å². The van der Waals surface area contributed by atoms with Crippen LogP contribution in [0, 0.1) is 6.92 Å². The van der Waals surface area contributed by atoms with Gasteiger partial charge in [-0.25, -0.2) is 15.0 Å². The first-order chi connectivity index (χ1) is 12.5. The number of hydrogen-bond donors (Lipinski definition) is 3. The van der Waals surface area contributed by atoms with Crippen molar-refractivity contribution in [3.8, 4) is 5.75 Å². The molecule has 1 fully saturated rings. The Morgan fingerprint density at radius 3 is 2.69 bits per heavy atom. The number of fused-ring (bicyclic) bond motifs is 1. The van der Waals surface area contributed by atoms with E-state index < -0.39 is 24.5 Å². The third-order valence-electron chi connectivity index (χ3n) is 4.43. The number of benzene rings is 1. The molecule has 136 valence electrons. The Bertz CT molecular complexity index is 913. The first kappa shape index (κ1) is 16.7. The maximum Gasteiger partial charge on any atom is 0.167 e. The zero-order valence-electron chi connectivity index (χ0n) is 14.1. The average molecular weight is 357 g/mol. The van der Waals surface area contributed by atoms with Crippen LogP contribution in [-0.2, 0) is 4.74 Å². The zero-order chi connectivity index (χ0) is 18.3. The molecule has 9 nitrogen and oxygen atoms in total. The quantitative estimate of drug-likeness (QED) is 0.613. The van der Waals surface area contributed by atoms with Crippen LogP contribution in [0.1, 0.15) is 11.8 Å². The molecule has 0 saturated carbocycles. The zero-order valence-corrected chi connectivity index (χ0v) is 14.1. The van der Waals surface area contributed by atoms with Crippen LogP contribution in [0.25, 0.3) is 11.2 Å². The Morgan fingerprint density at radius 1 is 1.15 bits per heavy atom. The van der Waals surface area contributed by atoms with Crippen molar-refractivity contribution < 1.29 is 19.7 Å². The fraction of sp³-hybridized carbons (Fsp3) is 0.353. The van der Waals surface area contributed by atoms with Crippen molar-refractivity contribution in [3.63, 3.8) is 0 Å². The van der Waals surface area contributed by atoms with E-state index in [0.29, 0.717) is 16.9 Å². The van der Waals surface area contributed by atoms with E-state index in [9.17, 15) is 10.2 Å². The van der Waals surface area contributed by atoms with Gasteiger partial charge < -0.3 is 25.4 Å². The average Bonchev–Trinajstić information content (AvgIpc) is 3.18. The monoisotopic (exact) mass is 357 g/mol. The molecule has 1 aliphatic heterocycles. The van der Waals surface area contributed by atoms with Crippen LogP contribution in [0.2, 0.25) is 0 Å².